The van der Waals surface area contributed by atoms with Crippen LogP contribution >= 0.6 is 11.8 Å². The molecule has 0 radical (unpaired) electrons. The number of sulfone groups is 1. The Hall–Kier alpha value is -3.76. The fourth-order valence-electron chi connectivity index (χ4n) is 3.85. The van der Waals surface area contributed by atoms with Crippen LogP contribution in [0.2, 0.25) is 0 Å². The molecule has 0 spiro atoms. The van der Waals surface area contributed by atoms with Gasteiger partial charge in [0.15, 0.2) is 15.3 Å². The number of ether oxygens (including phenoxy) is 3. The number of nitrogens with one attached hydrogen (secondary N) is 1. The van der Waals surface area contributed by atoms with Gasteiger partial charge in [0.2, 0.25) is 0 Å². The van der Waals surface area contributed by atoms with Gasteiger partial charge in [-0.1, -0.05) is 42.1 Å². The molecule has 0 bridgehead atoms. The van der Waals surface area contributed by atoms with Crippen molar-refractivity contribution in [2.45, 2.75) is 23.9 Å². The van der Waals surface area contributed by atoms with Gasteiger partial charge < -0.3 is 19.2 Å². The van der Waals surface area contributed by atoms with E-state index < -0.39 is 9.84 Å². The highest BCUT2D eigenvalue weighted by molar-refractivity contribution is 8.15. The van der Waals surface area contributed by atoms with Gasteiger partial charge in [-0.2, -0.15) is 0 Å². The topological polar surface area (TPSA) is 107 Å². The summed E-state index contributed by atoms with van der Waals surface area (Å²) >= 11 is 1.39. The molecule has 5 rings (SSSR count). The molecule has 4 aromatic rings. The number of carbonyl (C=O) groups excluding carboxylic acids is 1. The van der Waals surface area contributed by atoms with Crippen LogP contribution < -0.4 is 9.47 Å². The lowest BCUT2D eigenvalue weighted by Gasteiger charge is -2.11. The predicted molar refractivity (Wildman–Crippen MR) is 143 cm³/mol. The van der Waals surface area contributed by atoms with Crippen LogP contribution in [0.15, 0.2) is 82.7 Å². The smallest absolute Gasteiger partial charge is 0.303 e. The lowest BCUT2D eigenvalue weighted by Crippen LogP contribution is -2.12. The van der Waals surface area contributed by atoms with Crippen LogP contribution in [0.1, 0.15) is 18.2 Å². The first-order valence-corrected chi connectivity index (χ1v) is 14.2. The second-order valence-electron chi connectivity index (χ2n) is 8.49. The molecule has 1 atom stereocenters. The molecule has 1 aromatic heterocycles. The zero-order chi connectivity index (χ0) is 26.0. The predicted octanol–water partition coefficient (Wildman–Crippen LogP) is 5.33. The Labute approximate surface area is 218 Å². The average molecular weight is 537 g/mol. The maximum absolute atomic E-state index is 11.8. The molecule has 8 nitrogen and oxygen atoms in total. The van der Waals surface area contributed by atoms with Gasteiger partial charge in [-0.25, -0.2) is 8.42 Å². The number of aliphatic imine (C=N–C) groups is 1. The van der Waals surface area contributed by atoms with E-state index in [9.17, 15) is 13.2 Å². The van der Waals surface area contributed by atoms with Gasteiger partial charge in [-0.15, -0.1) is 0 Å². The lowest BCUT2D eigenvalue weighted by molar-refractivity contribution is -0.141. The number of aromatic nitrogens is 1. The molecule has 1 N–H and O–H groups in total. The molecule has 0 saturated carbocycles. The van der Waals surface area contributed by atoms with Crippen molar-refractivity contribution in [1.29, 1.82) is 0 Å². The summed E-state index contributed by atoms with van der Waals surface area (Å²) in [5.41, 5.74) is 2.24. The van der Waals surface area contributed by atoms with Crippen molar-refractivity contribution in [2.24, 2.45) is 4.99 Å². The van der Waals surface area contributed by atoms with Gasteiger partial charge >= 0.3 is 5.97 Å². The Bertz CT molecular complexity index is 1580. The van der Waals surface area contributed by atoms with Crippen LogP contribution in [0.25, 0.3) is 10.9 Å². The molecule has 3 aromatic carbocycles. The normalized spacial score (nSPS) is 15.4. The fourth-order valence-corrected chi connectivity index (χ4v) is 5.45. The molecular weight excluding hydrogens is 512 g/mol. The third kappa shape index (κ3) is 5.98. The number of hydrogen-bond donors (Lipinski definition) is 1. The molecule has 0 saturated heterocycles. The van der Waals surface area contributed by atoms with Gasteiger partial charge in [0, 0.05) is 24.6 Å². The molecule has 10 heteroatoms. The van der Waals surface area contributed by atoms with Crippen LogP contribution in [0.5, 0.6) is 17.2 Å². The van der Waals surface area contributed by atoms with Crippen molar-refractivity contribution in [3.05, 3.63) is 84.1 Å². The summed E-state index contributed by atoms with van der Waals surface area (Å²) in [7, 11) is -3.30. The number of benzene rings is 3. The molecule has 0 amide bonds. The number of rotatable bonds is 8. The van der Waals surface area contributed by atoms with E-state index in [4.69, 9.17) is 14.2 Å². The first kappa shape index (κ1) is 24.9. The van der Waals surface area contributed by atoms with Crippen LogP contribution in [-0.4, -0.2) is 42.7 Å². The van der Waals surface area contributed by atoms with Gasteiger partial charge in [0.1, 0.15) is 28.9 Å². The second-order valence-corrected chi connectivity index (χ2v) is 11.7. The number of esters is 1. The number of H-pyrrole nitrogens is 1. The minimum Gasteiger partial charge on any atom is -0.487 e. The van der Waals surface area contributed by atoms with E-state index in [1.807, 2.05) is 42.5 Å². The Morgan fingerprint density at radius 2 is 1.81 bits per heavy atom. The van der Waals surface area contributed by atoms with Gasteiger partial charge in [-0.3, -0.25) is 9.79 Å². The highest BCUT2D eigenvalue weighted by Crippen LogP contribution is 2.36. The summed E-state index contributed by atoms with van der Waals surface area (Å²) in [5.74, 6) is 1.28. The number of carbonyl (C=O) groups is 1. The third-order valence-corrected chi connectivity index (χ3v) is 7.75. The Kier molecular flexibility index (Phi) is 6.94. The number of hydrogen-bond acceptors (Lipinski definition) is 8. The van der Waals surface area contributed by atoms with Crippen molar-refractivity contribution >= 4 is 43.5 Å². The number of thioether (sulfide) groups is 1. The van der Waals surface area contributed by atoms with Crippen LogP contribution in [0.4, 0.5) is 0 Å². The molecule has 0 fully saturated rings. The van der Waals surface area contributed by atoms with E-state index in [1.165, 1.54) is 30.8 Å². The minimum absolute atomic E-state index is 0.222. The van der Waals surface area contributed by atoms with Crippen molar-refractivity contribution in [1.82, 2.24) is 4.98 Å². The first-order valence-electron chi connectivity index (χ1n) is 11.4. The third-order valence-electron chi connectivity index (χ3n) is 5.55. The number of aromatic amines is 1. The van der Waals surface area contributed by atoms with Crippen LogP contribution in [0, 0.1) is 0 Å². The van der Waals surface area contributed by atoms with Crippen molar-refractivity contribution in [3.8, 4) is 17.2 Å². The summed E-state index contributed by atoms with van der Waals surface area (Å²) in [4.78, 5) is 19.5. The number of nitrogens with zero attached hydrogens (tertiary/aromatic N) is 1. The molecule has 1 aliphatic heterocycles. The lowest BCUT2D eigenvalue weighted by atomic mass is 10.2. The van der Waals surface area contributed by atoms with Crippen molar-refractivity contribution in [2.75, 3.05) is 12.8 Å². The Morgan fingerprint density at radius 3 is 2.51 bits per heavy atom. The van der Waals surface area contributed by atoms with E-state index in [-0.39, 0.29) is 16.3 Å². The monoisotopic (exact) mass is 536 g/mol. The first-order chi connectivity index (χ1) is 17.7. The summed E-state index contributed by atoms with van der Waals surface area (Å²) < 4.78 is 41.1. The molecule has 1 unspecified atom stereocenters. The molecule has 37 heavy (non-hydrogen) atoms. The SMILES string of the molecule is CC(=O)OC1CN=C(c2cc3cc(Oc4ccc(S(C)(=O)=O)cc4)cc(OCc4ccccc4)c3[nH]2)S1. The van der Waals surface area contributed by atoms with E-state index in [0.717, 1.165) is 33.5 Å². The van der Waals surface area contributed by atoms with Crippen molar-refractivity contribution < 1.29 is 27.4 Å². The average Bonchev–Trinajstić information content (AvgIpc) is 3.49. The zero-order valence-electron chi connectivity index (χ0n) is 20.1. The quantitative estimate of drug-likeness (QED) is 0.304. The van der Waals surface area contributed by atoms with Crippen molar-refractivity contribution in [3.63, 3.8) is 0 Å². The van der Waals surface area contributed by atoms with E-state index in [2.05, 4.69) is 9.98 Å². The maximum Gasteiger partial charge on any atom is 0.303 e. The molecule has 0 aliphatic carbocycles. The van der Waals surface area contributed by atoms with Gasteiger partial charge in [0.05, 0.1) is 22.7 Å². The summed E-state index contributed by atoms with van der Waals surface area (Å²) in [6.45, 7) is 2.14. The Balaban J connectivity index is 1.45. The maximum atomic E-state index is 11.8. The van der Waals surface area contributed by atoms with Gasteiger partial charge in [-0.05, 0) is 42.0 Å². The molecule has 1 aliphatic rings. The highest BCUT2D eigenvalue weighted by Gasteiger charge is 2.25. The fraction of sp³-hybridized carbons (Fsp3) is 0.185. The number of fused-ring (bicyclic) bond motifs is 1. The van der Waals surface area contributed by atoms with Crippen LogP contribution in [0.3, 0.4) is 0 Å². The summed E-state index contributed by atoms with van der Waals surface area (Å²) in [6, 6.07) is 21.7. The van der Waals surface area contributed by atoms with E-state index in [0.29, 0.717) is 30.4 Å². The highest BCUT2D eigenvalue weighted by atomic mass is 32.2. The van der Waals surface area contributed by atoms with E-state index in [1.54, 1.807) is 18.2 Å². The zero-order valence-corrected chi connectivity index (χ0v) is 21.8. The van der Waals surface area contributed by atoms with E-state index >= 15 is 0 Å². The molecule has 2 heterocycles. The second kappa shape index (κ2) is 10.3. The van der Waals surface area contributed by atoms with Crippen LogP contribution in [-0.2, 0) is 26.0 Å². The van der Waals surface area contributed by atoms with Gasteiger partial charge in [0.25, 0.3) is 0 Å². The molecular formula is C27H24N2O6S2. The summed E-state index contributed by atoms with van der Waals surface area (Å²) in [6.07, 6.45) is 1.16. The minimum atomic E-state index is -3.30. The summed E-state index contributed by atoms with van der Waals surface area (Å²) in [5, 5.41) is 1.60. The molecule has 190 valence electrons. The standard InChI is InChI=1S/C27H24N2O6S2/c1-17(30)34-25-15-28-27(36-25)23-13-19-12-21(35-20-8-10-22(11-9-20)37(2,31)32)14-24(26(19)29-23)33-16-18-6-4-3-5-7-18/h3-14,25,29H,15-16H2,1-2H3. The largest absolute Gasteiger partial charge is 0.487 e. The Morgan fingerprint density at radius 1 is 1.05 bits per heavy atom.